The largest absolute Gasteiger partial charge is 0.435 e. The van der Waals surface area contributed by atoms with Crippen molar-refractivity contribution in [3.8, 4) is 23.0 Å². The van der Waals surface area contributed by atoms with Gasteiger partial charge in [-0.1, -0.05) is 23.6 Å². The van der Waals surface area contributed by atoms with Crippen LogP contribution >= 0.6 is 11.6 Å². The minimum atomic E-state index is -5.11. The second-order valence-corrected chi connectivity index (χ2v) is 22.4. The van der Waals surface area contributed by atoms with Gasteiger partial charge in [-0.2, -0.15) is 32.1 Å². The Morgan fingerprint density at radius 3 is 2.27 bits per heavy atom. The number of hydrogen-bond donors (Lipinski definition) is 2. The first-order valence-electron chi connectivity index (χ1n) is 20.1. The van der Waals surface area contributed by atoms with Crippen LogP contribution in [0.25, 0.3) is 22.0 Å². The van der Waals surface area contributed by atoms with Crippen LogP contribution < -0.4 is 10.0 Å². The Bertz CT molecular complexity index is 3080. The first-order valence-corrected chi connectivity index (χ1v) is 23.6. The SMILES string of the molecule is Cn1nc(NS(=O)(=O)C2CC2)c2c(Cl)ccc(-c3ccc(C#CC(C)(C)S(=O)(=O)C4CC4)nc3[C@H](Cc3cc(F)cc(F)c3)NC(=O)Cn3nc(C(F)(F)F)c4c3C(F)(F)C3C[C@H]43)c21. The number of sulfonamides is 1. The molecular formula is C42H37ClF7N7O5S2. The molecule has 5 aromatic rings. The number of aromatic nitrogens is 5. The van der Waals surface area contributed by atoms with E-state index in [4.69, 9.17) is 16.6 Å². The Balaban J connectivity index is 1.19. The summed E-state index contributed by atoms with van der Waals surface area (Å²) in [6, 6.07) is 7.04. The van der Waals surface area contributed by atoms with Crippen molar-refractivity contribution in [2.24, 2.45) is 13.0 Å². The third-order valence-corrected chi connectivity index (χ3v) is 17.1. The molecule has 4 aliphatic carbocycles. The Kier molecular flexibility index (Phi) is 10.3. The van der Waals surface area contributed by atoms with E-state index in [1.165, 1.54) is 43.8 Å². The van der Waals surface area contributed by atoms with E-state index in [1.54, 1.807) is 6.07 Å². The summed E-state index contributed by atoms with van der Waals surface area (Å²) in [7, 11) is -6.04. The molecule has 0 radical (unpaired) electrons. The maximum absolute atomic E-state index is 15.5. The average molecular weight is 952 g/mol. The van der Waals surface area contributed by atoms with Crippen molar-refractivity contribution in [1.82, 2.24) is 29.9 Å². The summed E-state index contributed by atoms with van der Waals surface area (Å²) in [5.41, 5.74) is -2.62. The van der Waals surface area contributed by atoms with Crippen LogP contribution in [0.1, 0.15) is 91.8 Å². The number of benzene rings is 2. The van der Waals surface area contributed by atoms with Gasteiger partial charge in [0.2, 0.25) is 15.9 Å². The van der Waals surface area contributed by atoms with E-state index in [0.29, 0.717) is 36.4 Å². The molecule has 338 valence electrons. The molecule has 12 nitrogen and oxygen atoms in total. The number of amides is 1. The molecule has 3 heterocycles. The number of anilines is 1. The predicted molar refractivity (Wildman–Crippen MR) is 220 cm³/mol. The Morgan fingerprint density at radius 2 is 1.62 bits per heavy atom. The zero-order valence-electron chi connectivity index (χ0n) is 34.0. The number of hydrogen-bond acceptors (Lipinski definition) is 8. The van der Waals surface area contributed by atoms with Crippen molar-refractivity contribution in [2.75, 3.05) is 4.72 Å². The van der Waals surface area contributed by atoms with Gasteiger partial charge in [0.15, 0.2) is 21.3 Å². The monoisotopic (exact) mass is 951 g/mol. The highest BCUT2D eigenvalue weighted by molar-refractivity contribution is 7.94. The van der Waals surface area contributed by atoms with E-state index in [2.05, 4.69) is 32.1 Å². The summed E-state index contributed by atoms with van der Waals surface area (Å²) in [4.78, 5) is 18.8. The van der Waals surface area contributed by atoms with Crippen LogP contribution in [0.15, 0.2) is 42.5 Å². The van der Waals surface area contributed by atoms with Crippen molar-refractivity contribution >= 4 is 54.1 Å². The molecular weight excluding hydrogens is 915 g/mol. The number of pyridine rings is 1. The number of sulfone groups is 1. The molecule has 22 heteroatoms. The second-order valence-electron chi connectivity index (χ2n) is 17.2. The number of carbonyl (C=O) groups is 1. The molecule has 2 N–H and O–H groups in total. The van der Waals surface area contributed by atoms with Gasteiger partial charge in [-0.05, 0) is 100 Å². The molecule has 1 unspecified atom stereocenters. The molecule has 9 rings (SSSR count). The van der Waals surface area contributed by atoms with Crippen LogP contribution in [0.5, 0.6) is 0 Å². The van der Waals surface area contributed by atoms with E-state index < -0.39 is 113 Å². The van der Waals surface area contributed by atoms with E-state index >= 15 is 8.78 Å². The highest BCUT2D eigenvalue weighted by atomic mass is 35.5. The minimum absolute atomic E-state index is 0.0332. The quantitative estimate of drug-likeness (QED) is 0.0952. The van der Waals surface area contributed by atoms with Gasteiger partial charge in [-0.25, -0.2) is 30.6 Å². The average Bonchev–Trinajstić information content (AvgIpc) is 4.07. The molecule has 0 aliphatic heterocycles. The van der Waals surface area contributed by atoms with Crippen LogP contribution in [0.2, 0.25) is 5.02 Å². The maximum atomic E-state index is 15.5. The van der Waals surface area contributed by atoms with Crippen molar-refractivity contribution in [3.63, 3.8) is 0 Å². The van der Waals surface area contributed by atoms with Gasteiger partial charge in [0.05, 0.1) is 38.2 Å². The molecule has 3 saturated carbocycles. The van der Waals surface area contributed by atoms with Crippen molar-refractivity contribution in [3.05, 3.63) is 93.0 Å². The van der Waals surface area contributed by atoms with Gasteiger partial charge in [-0.3, -0.25) is 18.9 Å². The summed E-state index contributed by atoms with van der Waals surface area (Å²) in [5.74, 6) is -3.80. The standard InChI is InChI=1S/C42H37ClF7N7O5S2/c1-40(2,63(59,60)24-5-6-24)13-12-23-4-9-26(27-10-11-30(43)34-36(27)56(3)54-39(34)55-64(61,62)25-7-8-25)35(51-23)31(16-20-14-21(44)17-22(45)15-20)52-32(58)19-57-38-33(37(53-57)42(48,49)50)28-18-29(28)41(38,46)47/h4,9-11,14-15,17,24-25,28-29,31H,5-8,16,18-19H2,1-3H3,(H,52,58)(H,54,55)/t28-,29?,31-/m0/s1. The van der Waals surface area contributed by atoms with Gasteiger partial charge in [-0.15, -0.1) is 0 Å². The predicted octanol–water partition coefficient (Wildman–Crippen LogP) is 7.70. The van der Waals surface area contributed by atoms with E-state index in [1.807, 2.05) is 0 Å². The highest BCUT2D eigenvalue weighted by Gasteiger charge is 2.68. The number of nitrogens with one attached hydrogen (secondary N) is 2. The number of nitrogens with zero attached hydrogens (tertiary/aromatic N) is 5. The minimum Gasteiger partial charge on any atom is -0.346 e. The smallest absolute Gasteiger partial charge is 0.346 e. The van der Waals surface area contributed by atoms with E-state index in [-0.39, 0.29) is 56.2 Å². The van der Waals surface area contributed by atoms with Crippen LogP contribution in [0, 0.1) is 29.4 Å². The lowest BCUT2D eigenvalue weighted by Gasteiger charge is -2.23. The first kappa shape index (κ1) is 44.0. The lowest BCUT2D eigenvalue weighted by Crippen LogP contribution is -2.35. The van der Waals surface area contributed by atoms with Crippen LogP contribution in [0.4, 0.5) is 36.6 Å². The fourth-order valence-corrected chi connectivity index (χ4v) is 11.9. The zero-order chi connectivity index (χ0) is 46.1. The van der Waals surface area contributed by atoms with Crippen molar-refractivity contribution < 1.29 is 52.4 Å². The number of fused-ring (bicyclic) bond motifs is 4. The second kappa shape index (κ2) is 14.9. The molecule has 0 bridgehead atoms. The number of halogens is 8. The molecule has 3 atom stereocenters. The molecule has 3 aromatic heterocycles. The van der Waals surface area contributed by atoms with Crippen molar-refractivity contribution in [2.45, 2.75) is 98.2 Å². The van der Waals surface area contributed by atoms with E-state index in [0.717, 1.165) is 12.1 Å². The number of aryl methyl sites for hydroxylation is 1. The topological polar surface area (TPSA) is 158 Å². The fourth-order valence-electron chi connectivity index (χ4n) is 8.53. The van der Waals surface area contributed by atoms with Crippen LogP contribution in [-0.2, 0) is 56.8 Å². The van der Waals surface area contributed by atoms with Gasteiger partial charge in [0.1, 0.15) is 34.3 Å². The summed E-state index contributed by atoms with van der Waals surface area (Å²) in [5, 5.41) is 9.57. The number of alkyl halides is 5. The van der Waals surface area contributed by atoms with Gasteiger partial charge in [0.25, 0.3) is 5.92 Å². The summed E-state index contributed by atoms with van der Waals surface area (Å²) < 4.78 is 158. The van der Waals surface area contributed by atoms with Gasteiger partial charge in [0, 0.05) is 35.7 Å². The Morgan fingerprint density at radius 1 is 0.969 bits per heavy atom. The molecule has 4 aliphatic rings. The third-order valence-electron chi connectivity index (χ3n) is 12.0. The molecule has 0 spiro atoms. The number of rotatable bonds is 12. The lowest BCUT2D eigenvalue weighted by molar-refractivity contribution is -0.142. The van der Waals surface area contributed by atoms with Crippen LogP contribution in [-0.4, -0.2) is 62.5 Å². The Hall–Kier alpha value is -5.20. The van der Waals surface area contributed by atoms with Gasteiger partial charge >= 0.3 is 6.18 Å². The maximum Gasteiger partial charge on any atom is 0.435 e. The Labute approximate surface area is 366 Å². The van der Waals surface area contributed by atoms with Gasteiger partial charge < -0.3 is 5.32 Å². The summed E-state index contributed by atoms with van der Waals surface area (Å²) >= 11 is 6.69. The lowest BCUT2D eigenvalue weighted by atomic mass is 9.93. The third kappa shape index (κ3) is 7.78. The summed E-state index contributed by atoms with van der Waals surface area (Å²) in [6.45, 7) is 1.76. The normalized spacial score (nSPS) is 19.7. The highest BCUT2D eigenvalue weighted by Crippen LogP contribution is 2.68. The molecule has 2 aromatic carbocycles. The molecule has 0 saturated heterocycles. The van der Waals surface area contributed by atoms with Crippen molar-refractivity contribution in [1.29, 1.82) is 0 Å². The summed E-state index contributed by atoms with van der Waals surface area (Å²) in [6.07, 6.45) is -3.86. The molecule has 64 heavy (non-hydrogen) atoms. The zero-order valence-corrected chi connectivity index (χ0v) is 36.4. The van der Waals surface area contributed by atoms with E-state index in [9.17, 15) is 43.6 Å². The molecule has 3 fully saturated rings. The number of carbonyl (C=O) groups excluding carboxylic acids is 1. The molecule has 1 amide bonds. The first-order chi connectivity index (χ1) is 29.9. The van der Waals surface area contributed by atoms with Crippen LogP contribution in [0.3, 0.4) is 0 Å². The fraction of sp³-hybridized carbons (Fsp3) is 0.429.